The third-order valence-electron chi connectivity index (χ3n) is 1.36. The number of guanidine groups is 2. The van der Waals surface area contributed by atoms with Crippen molar-refractivity contribution in [3.8, 4) is 0 Å². The zero-order valence-corrected chi connectivity index (χ0v) is 7.99. The third-order valence-corrected chi connectivity index (χ3v) is 1.36. The molecule has 0 radical (unpaired) electrons. The summed E-state index contributed by atoms with van der Waals surface area (Å²) in [6, 6.07) is 0. The van der Waals surface area contributed by atoms with Crippen LogP contribution in [0.15, 0.2) is 9.98 Å². The van der Waals surface area contributed by atoms with Gasteiger partial charge in [-0.05, 0) is 7.05 Å². The minimum atomic E-state index is 0.109. The molecule has 0 heterocycles. The molecule has 0 saturated heterocycles. The van der Waals surface area contributed by atoms with Gasteiger partial charge < -0.3 is 16.8 Å². The van der Waals surface area contributed by atoms with Gasteiger partial charge in [0, 0.05) is 20.1 Å². The monoisotopic (exact) mass is 187 g/mol. The Labute approximate surface area is 77.7 Å². The number of nitrogens with one attached hydrogen (secondary N) is 1. The lowest BCUT2D eigenvalue weighted by molar-refractivity contribution is 0.432. The maximum Gasteiger partial charge on any atom is 0.218 e. The van der Waals surface area contributed by atoms with Crippen molar-refractivity contribution < 1.29 is 0 Å². The number of aliphatic imine (C=N–C) groups is 2. The van der Waals surface area contributed by atoms with Crippen molar-refractivity contribution in [1.29, 1.82) is 0 Å². The SMILES string of the molecule is C/N=C(N)\N=C(/N)N(N)CCNC. The molecule has 7 heteroatoms. The second kappa shape index (κ2) is 6.21. The van der Waals surface area contributed by atoms with E-state index in [4.69, 9.17) is 17.3 Å². The van der Waals surface area contributed by atoms with Crippen LogP contribution >= 0.6 is 0 Å². The van der Waals surface area contributed by atoms with Gasteiger partial charge in [0.15, 0.2) is 0 Å². The molecule has 0 aromatic carbocycles. The molecular weight excluding hydrogens is 170 g/mol. The summed E-state index contributed by atoms with van der Waals surface area (Å²) in [5, 5.41) is 4.23. The molecule has 0 atom stereocenters. The van der Waals surface area contributed by atoms with Crippen LogP contribution in [0.25, 0.3) is 0 Å². The zero-order valence-electron chi connectivity index (χ0n) is 7.99. The second-order valence-electron chi connectivity index (χ2n) is 2.35. The van der Waals surface area contributed by atoms with Crippen molar-refractivity contribution >= 4 is 11.9 Å². The average molecular weight is 187 g/mol. The third kappa shape index (κ3) is 4.99. The maximum absolute atomic E-state index is 5.53. The predicted octanol–water partition coefficient (Wildman–Crippen LogP) is -2.36. The Morgan fingerprint density at radius 3 is 2.54 bits per heavy atom. The first kappa shape index (κ1) is 11.7. The van der Waals surface area contributed by atoms with Gasteiger partial charge >= 0.3 is 0 Å². The van der Waals surface area contributed by atoms with E-state index in [0.717, 1.165) is 6.54 Å². The van der Waals surface area contributed by atoms with E-state index >= 15 is 0 Å². The first-order chi connectivity index (χ1) is 6.11. The quantitative estimate of drug-likeness (QED) is 0.171. The van der Waals surface area contributed by atoms with E-state index in [2.05, 4.69) is 15.3 Å². The molecule has 0 saturated carbocycles. The fraction of sp³-hybridized carbons (Fsp3) is 0.667. The minimum absolute atomic E-state index is 0.109. The van der Waals surface area contributed by atoms with Crippen molar-refractivity contribution in [1.82, 2.24) is 10.3 Å². The largest absolute Gasteiger partial charge is 0.368 e. The zero-order chi connectivity index (χ0) is 10.3. The van der Waals surface area contributed by atoms with Crippen LogP contribution in [0, 0.1) is 0 Å². The summed E-state index contributed by atoms with van der Waals surface area (Å²) in [7, 11) is 3.35. The van der Waals surface area contributed by atoms with Crippen LogP contribution in [-0.4, -0.2) is 44.1 Å². The summed E-state index contributed by atoms with van der Waals surface area (Å²) < 4.78 is 0. The first-order valence-electron chi connectivity index (χ1n) is 3.85. The van der Waals surface area contributed by atoms with Crippen LogP contribution in [0.1, 0.15) is 0 Å². The van der Waals surface area contributed by atoms with Gasteiger partial charge in [-0.25, -0.2) is 5.84 Å². The molecule has 0 rings (SSSR count). The highest BCUT2D eigenvalue weighted by Gasteiger charge is 2.01. The Bertz CT molecular complexity index is 197. The van der Waals surface area contributed by atoms with Gasteiger partial charge in [-0.2, -0.15) is 4.99 Å². The molecule has 0 aliphatic rings. The van der Waals surface area contributed by atoms with E-state index < -0.39 is 0 Å². The fourth-order valence-corrected chi connectivity index (χ4v) is 0.578. The molecule has 76 valence electrons. The number of hydrazine groups is 1. The standard InChI is InChI=1S/C6H17N7/c1-10-3-4-13(9)6(8)12-5(7)11-2/h10H,3-4,9H2,1-2H3,(H4,7,8,11,12). The van der Waals surface area contributed by atoms with Crippen LogP contribution in [-0.2, 0) is 0 Å². The van der Waals surface area contributed by atoms with Crippen LogP contribution in [0.5, 0.6) is 0 Å². The molecule has 0 fully saturated rings. The van der Waals surface area contributed by atoms with Crippen LogP contribution in [0.2, 0.25) is 0 Å². The summed E-state index contributed by atoms with van der Waals surface area (Å²) in [5.74, 6) is 5.79. The molecule has 0 aromatic heterocycles. The lowest BCUT2D eigenvalue weighted by Gasteiger charge is -2.16. The molecule has 0 aliphatic carbocycles. The van der Waals surface area contributed by atoms with Crippen LogP contribution < -0.4 is 22.6 Å². The Kier molecular flexibility index (Phi) is 5.57. The van der Waals surface area contributed by atoms with Crippen molar-refractivity contribution in [2.24, 2.45) is 27.3 Å². The van der Waals surface area contributed by atoms with Gasteiger partial charge in [-0.1, -0.05) is 0 Å². The lowest BCUT2D eigenvalue weighted by Crippen LogP contribution is -2.46. The topological polar surface area (TPSA) is 118 Å². The summed E-state index contributed by atoms with van der Waals surface area (Å²) in [6.07, 6.45) is 0. The van der Waals surface area contributed by atoms with E-state index in [0.29, 0.717) is 6.54 Å². The summed E-state index contributed by atoms with van der Waals surface area (Å²) in [4.78, 5) is 7.36. The highest BCUT2D eigenvalue weighted by molar-refractivity contribution is 5.92. The van der Waals surface area contributed by atoms with Gasteiger partial charge in [-0.15, -0.1) is 0 Å². The molecule has 0 spiro atoms. The first-order valence-corrected chi connectivity index (χ1v) is 3.85. The van der Waals surface area contributed by atoms with Crippen molar-refractivity contribution in [3.63, 3.8) is 0 Å². The molecule has 13 heavy (non-hydrogen) atoms. The van der Waals surface area contributed by atoms with Gasteiger partial charge in [0.2, 0.25) is 11.9 Å². The molecule has 0 bridgehead atoms. The molecule has 7 nitrogen and oxygen atoms in total. The van der Waals surface area contributed by atoms with Gasteiger partial charge in [0.1, 0.15) is 0 Å². The highest BCUT2D eigenvalue weighted by Crippen LogP contribution is 1.78. The number of nitrogens with two attached hydrogens (primary N) is 3. The van der Waals surface area contributed by atoms with Crippen molar-refractivity contribution in [2.75, 3.05) is 27.2 Å². The number of nitrogens with zero attached hydrogens (tertiary/aromatic N) is 3. The van der Waals surface area contributed by atoms with E-state index in [-0.39, 0.29) is 11.9 Å². The van der Waals surface area contributed by atoms with E-state index in [1.807, 2.05) is 7.05 Å². The van der Waals surface area contributed by atoms with Gasteiger partial charge in [-0.3, -0.25) is 10.0 Å². The molecule has 7 N–H and O–H groups in total. The Morgan fingerprint density at radius 1 is 1.46 bits per heavy atom. The molecular formula is C6H17N7. The van der Waals surface area contributed by atoms with E-state index in [1.54, 1.807) is 0 Å². The van der Waals surface area contributed by atoms with Crippen molar-refractivity contribution in [3.05, 3.63) is 0 Å². The smallest absolute Gasteiger partial charge is 0.218 e. The Balaban J connectivity index is 4.08. The Hall–Kier alpha value is -1.34. The lowest BCUT2D eigenvalue weighted by atomic mass is 10.6. The van der Waals surface area contributed by atoms with Crippen molar-refractivity contribution in [2.45, 2.75) is 0 Å². The Morgan fingerprint density at radius 2 is 2.08 bits per heavy atom. The fourth-order valence-electron chi connectivity index (χ4n) is 0.578. The normalized spacial score (nSPS) is 13.2. The summed E-state index contributed by atoms with van der Waals surface area (Å²) in [6.45, 7) is 1.28. The molecule has 0 amide bonds. The average Bonchev–Trinajstić information content (AvgIpc) is 2.13. The number of rotatable bonds is 3. The minimum Gasteiger partial charge on any atom is -0.368 e. The second-order valence-corrected chi connectivity index (χ2v) is 2.35. The molecule has 0 aromatic rings. The summed E-state index contributed by atoms with van der Waals surface area (Å²) >= 11 is 0. The number of hydrogen-bond donors (Lipinski definition) is 4. The summed E-state index contributed by atoms with van der Waals surface area (Å²) in [5.41, 5.74) is 10.8. The predicted molar refractivity (Wildman–Crippen MR) is 54.0 cm³/mol. The van der Waals surface area contributed by atoms with Crippen LogP contribution in [0.3, 0.4) is 0 Å². The highest BCUT2D eigenvalue weighted by atomic mass is 15.5. The number of hydrogen-bond acceptors (Lipinski definition) is 3. The molecule has 0 aliphatic heterocycles. The van der Waals surface area contributed by atoms with Crippen LogP contribution in [0.4, 0.5) is 0 Å². The molecule has 0 unspecified atom stereocenters. The van der Waals surface area contributed by atoms with E-state index in [1.165, 1.54) is 12.1 Å². The van der Waals surface area contributed by atoms with E-state index in [9.17, 15) is 0 Å². The maximum atomic E-state index is 5.53. The van der Waals surface area contributed by atoms with Gasteiger partial charge in [0.25, 0.3) is 0 Å². The number of likely N-dealkylation sites (N-methyl/N-ethyl adjacent to an activating group) is 1. The van der Waals surface area contributed by atoms with Gasteiger partial charge in [0.05, 0.1) is 0 Å².